The number of benzene rings is 3. The van der Waals surface area contributed by atoms with Crippen molar-refractivity contribution in [3.05, 3.63) is 88.6 Å². The van der Waals surface area contributed by atoms with E-state index in [1.165, 1.54) is 6.07 Å². The van der Waals surface area contributed by atoms with Crippen LogP contribution in [0.4, 0.5) is 11.4 Å². The highest BCUT2D eigenvalue weighted by atomic mass is 16.6. The number of nitrogens with zero attached hydrogens (tertiary/aromatic N) is 4. The van der Waals surface area contributed by atoms with Crippen LogP contribution in [0.5, 0.6) is 0 Å². The monoisotopic (exact) mass is 412 g/mol. The van der Waals surface area contributed by atoms with Gasteiger partial charge in [-0.05, 0) is 35.0 Å². The zero-order valence-corrected chi connectivity index (χ0v) is 16.8. The van der Waals surface area contributed by atoms with E-state index in [0.29, 0.717) is 42.6 Å². The normalized spacial score (nSPS) is 14.2. The Bertz CT molecular complexity index is 1310. The molecule has 0 N–H and O–H groups in total. The average molecular weight is 412 g/mol. The number of nitro groups is 1. The standard InChI is InChI=1S/C24H20N4O3/c29-24(19-8-3-6-17-5-1-2-7-18(17)19)27-15-13-26(14-16-27)22-11-10-21(28(30)31)20-9-4-12-25-23(20)22/h1-12H,13-16H2. The minimum Gasteiger partial charge on any atom is -0.366 e. The Hall–Kier alpha value is -4.00. The highest BCUT2D eigenvalue weighted by molar-refractivity contribution is 6.07. The molecule has 0 spiro atoms. The van der Waals surface area contributed by atoms with E-state index in [4.69, 9.17) is 0 Å². The number of carbonyl (C=O) groups is 1. The fraction of sp³-hybridized carbons (Fsp3) is 0.167. The third kappa shape index (κ3) is 3.34. The fourth-order valence-corrected chi connectivity index (χ4v) is 4.29. The van der Waals surface area contributed by atoms with Crippen molar-refractivity contribution in [2.24, 2.45) is 0 Å². The molecular formula is C24H20N4O3. The van der Waals surface area contributed by atoms with E-state index >= 15 is 0 Å². The molecule has 0 aliphatic carbocycles. The van der Waals surface area contributed by atoms with Crippen LogP contribution in [0.3, 0.4) is 0 Å². The summed E-state index contributed by atoms with van der Waals surface area (Å²) in [6.45, 7) is 2.43. The molecule has 1 amide bonds. The molecule has 1 aliphatic rings. The Balaban J connectivity index is 1.39. The number of anilines is 1. The van der Waals surface area contributed by atoms with Crippen molar-refractivity contribution in [2.45, 2.75) is 0 Å². The summed E-state index contributed by atoms with van der Waals surface area (Å²) < 4.78 is 0. The average Bonchev–Trinajstić information content (AvgIpc) is 2.82. The summed E-state index contributed by atoms with van der Waals surface area (Å²) in [5.74, 6) is 0.0307. The lowest BCUT2D eigenvalue weighted by Gasteiger charge is -2.36. The smallest absolute Gasteiger partial charge is 0.278 e. The van der Waals surface area contributed by atoms with Crippen LogP contribution in [0.1, 0.15) is 10.4 Å². The quantitative estimate of drug-likeness (QED) is 0.371. The third-order valence-electron chi connectivity index (χ3n) is 5.85. The number of aromatic nitrogens is 1. The highest BCUT2D eigenvalue weighted by Gasteiger charge is 2.25. The maximum absolute atomic E-state index is 13.2. The van der Waals surface area contributed by atoms with Gasteiger partial charge in [0.15, 0.2) is 0 Å². The number of pyridine rings is 1. The van der Waals surface area contributed by atoms with E-state index in [2.05, 4.69) is 9.88 Å². The molecule has 0 atom stereocenters. The van der Waals surface area contributed by atoms with Crippen molar-refractivity contribution < 1.29 is 9.72 Å². The molecule has 0 radical (unpaired) electrons. The predicted octanol–water partition coefficient (Wildman–Crippen LogP) is 4.26. The summed E-state index contributed by atoms with van der Waals surface area (Å²) >= 11 is 0. The summed E-state index contributed by atoms with van der Waals surface area (Å²) in [4.78, 5) is 32.6. The van der Waals surface area contributed by atoms with Crippen LogP contribution >= 0.6 is 0 Å². The van der Waals surface area contributed by atoms with Gasteiger partial charge in [-0.25, -0.2) is 0 Å². The molecule has 0 saturated carbocycles. The molecule has 1 aromatic heterocycles. The second kappa shape index (κ2) is 7.68. The molecule has 31 heavy (non-hydrogen) atoms. The third-order valence-corrected chi connectivity index (χ3v) is 5.85. The first kappa shape index (κ1) is 19.0. The van der Waals surface area contributed by atoms with Crippen LogP contribution in [-0.2, 0) is 0 Å². The second-order valence-corrected chi connectivity index (χ2v) is 7.57. The van der Waals surface area contributed by atoms with Gasteiger partial charge in [0.1, 0.15) is 5.52 Å². The lowest BCUT2D eigenvalue weighted by atomic mass is 10.0. The van der Waals surface area contributed by atoms with Crippen molar-refractivity contribution in [1.29, 1.82) is 0 Å². The highest BCUT2D eigenvalue weighted by Crippen LogP contribution is 2.32. The summed E-state index contributed by atoms with van der Waals surface area (Å²) in [7, 11) is 0. The zero-order chi connectivity index (χ0) is 21.4. The van der Waals surface area contributed by atoms with Gasteiger partial charge >= 0.3 is 0 Å². The molecule has 1 saturated heterocycles. The molecule has 3 aromatic carbocycles. The van der Waals surface area contributed by atoms with E-state index in [9.17, 15) is 14.9 Å². The predicted molar refractivity (Wildman–Crippen MR) is 120 cm³/mol. The number of fused-ring (bicyclic) bond motifs is 2. The molecule has 1 fully saturated rings. The molecule has 4 aromatic rings. The van der Waals surface area contributed by atoms with Gasteiger partial charge in [0.2, 0.25) is 0 Å². The Morgan fingerprint density at radius 2 is 1.61 bits per heavy atom. The van der Waals surface area contributed by atoms with Gasteiger partial charge in [-0.3, -0.25) is 19.9 Å². The number of rotatable bonds is 3. The Labute approximate surface area is 178 Å². The Morgan fingerprint density at radius 3 is 2.42 bits per heavy atom. The summed E-state index contributed by atoms with van der Waals surface area (Å²) in [6, 6.07) is 20.4. The van der Waals surface area contributed by atoms with Gasteiger partial charge in [-0.2, -0.15) is 0 Å². The van der Waals surface area contributed by atoms with E-state index < -0.39 is 0 Å². The van der Waals surface area contributed by atoms with Gasteiger partial charge < -0.3 is 9.80 Å². The van der Waals surface area contributed by atoms with E-state index in [-0.39, 0.29) is 16.5 Å². The minimum atomic E-state index is -0.380. The summed E-state index contributed by atoms with van der Waals surface area (Å²) in [5.41, 5.74) is 2.25. The first-order chi connectivity index (χ1) is 15.1. The van der Waals surface area contributed by atoms with Gasteiger partial charge in [-0.15, -0.1) is 0 Å². The van der Waals surface area contributed by atoms with Crippen LogP contribution in [0.15, 0.2) is 72.9 Å². The van der Waals surface area contributed by atoms with Gasteiger partial charge in [0.25, 0.3) is 11.6 Å². The number of hydrogen-bond donors (Lipinski definition) is 0. The second-order valence-electron chi connectivity index (χ2n) is 7.57. The maximum Gasteiger partial charge on any atom is 0.278 e. The molecule has 7 nitrogen and oxygen atoms in total. The number of nitro benzene ring substituents is 1. The van der Waals surface area contributed by atoms with Gasteiger partial charge in [0.05, 0.1) is 16.0 Å². The van der Waals surface area contributed by atoms with Crippen LogP contribution in [-0.4, -0.2) is 46.9 Å². The van der Waals surface area contributed by atoms with Crippen LogP contribution in [0, 0.1) is 10.1 Å². The number of hydrogen-bond acceptors (Lipinski definition) is 5. The number of non-ortho nitro benzene ring substituents is 1. The molecule has 7 heteroatoms. The van der Waals surface area contributed by atoms with Gasteiger partial charge in [-0.1, -0.05) is 36.4 Å². The Kier molecular flexibility index (Phi) is 4.71. The first-order valence-electron chi connectivity index (χ1n) is 10.2. The van der Waals surface area contributed by atoms with Crippen molar-refractivity contribution >= 4 is 39.0 Å². The number of amides is 1. The lowest BCUT2D eigenvalue weighted by molar-refractivity contribution is -0.383. The van der Waals surface area contributed by atoms with Gasteiger partial charge in [0, 0.05) is 44.0 Å². The van der Waals surface area contributed by atoms with Crippen LogP contribution < -0.4 is 4.90 Å². The molecule has 0 unspecified atom stereocenters. The van der Waals surface area contributed by atoms with E-state index in [1.54, 1.807) is 24.4 Å². The van der Waals surface area contributed by atoms with E-state index in [1.807, 2.05) is 47.4 Å². The van der Waals surface area contributed by atoms with Crippen molar-refractivity contribution in [1.82, 2.24) is 9.88 Å². The largest absolute Gasteiger partial charge is 0.366 e. The molecule has 5 rings (SSSR count). The fourth-order valence-electron chi connectivity index (χ4n) is 4.29. The molecule has 1 aliphatic heterocycles. The van der Waals surface area contributed by atoms with E-state index in [0.717, 1.165) is 16.5 Å². The molecule has 2 heterocycles. The SMILES string of the molecule is O=C(c1cccc2ccccc12)N1CCN(c2ccc([N+](=O)[O-])c3cccnc23)CC1. The minimum absolute atomic E-state index is 0.0307. The van der Waals surface area contributed by atoms with Crippen molar-refractivity contribution in [3.63, 3.8) is 0 Å². The molecular weight excluding hydrogens is 392 g/mol. The zero-order valence-electron chi connectivity index (χ0n) is 16.8. The topological polar surface area (TPSA) is 79.6 Å². The maximum atomic E-state index is 13.2. The van der Waals surface area contributed by atoms with Crippen LogP contribution in [0.25, 0.3) is 21.7 Å². The van der Waals surface area contributed by atoms with Crippen molar-refractivity contribution in [2.75, 3.05) is 31.1 Å². The Morgan fingerprint density at radius 1 is 0.871 bits per heavy atom. The summed E-state index contributed by atoms with van der Waals surface area (Å²) in [5, 5.41) is 13.9. The van der Waals surface area contributed by atoms with Crippen molar-refractivity contribution in [3.8, 4) is 0 Å². The molecule has 0 bridgehead atoms. The number of piperazine rings is 1. The summed E-state index contributed by atoms with van der Waals surface area (Å²) in [6.07, 6.45) is 1.65. The first-order valence-corrected chi connectivity index (χ1v) is 10.2. The molecule has 154 valence electrons. The lowest BCUT2D eigenvalue weighted by Crippen LogP contribution is -2.49. The van der Waals surface area contributed by atoms with Crippen LogP contribution in [0.2, 0.25) is 0 Å². The number of carbonyl (C=O) groups excluding carboxylic acids is 1.